The molecular weight excluding hydrogens is 396 g/mol. The van der Waals surface area contributed by atoms with E-state index in [0.717, 1.165) is 44.2 Å². The smallest absolute Gasteiger partial charge is 0.219 e. The fourth-order valence-electron chi connectivity index (χ4n) is 3.83. The minimum absolute atomic E-state index is 0.945. The maximum atomic E-state index is 4.48. The molecule has 0 atom stereocenters. The Kier molecular flexibility index (Phi) is 5.34. The molecule has 3 heteroatoms. The largest absolute Gasteiger partial charge is 0.265 e. The van der Waals surface area contributed by atoms with E-state index in [0.29, 0.717) is 0 Å². The lowest BCUT2D eigenvalue weighted by Gasteiger charge is -2.12. The summed E-state index contributed by atoms with van der Waals surface area (Å²) >= 11 is 4.48. The van der Waals surface area contributed by atoms with Crippen molar-refractivity contribution >= 4 is 12.6 Å². The molecule has 2 nitrogen and oxygen atoms in total. The molecule has 0 aliphatic heterocycles. The quantitative estimate of drug-likeness (QED) is 0.256. The van der Waals surface area contributed by atoms with Crippen LogP contribution in [0.25, 0.3) is 39.3 Å². The third kappa shape index (κ3) is 4.00. The van der Waals surface area contributed by atoms with E-state index in [1.807, 2.05) is 36.7 Å². The lowest BCUT2D eigenvalue weighted by molar-refractivity contribution is -0.572. The summed E-state index contributed by atoms with van der Waals surface area (Å²) in [6, 6.07) is 38.0. The Labute approximate surface area is 187 Å². The SMILES string of the molecule is Sc1ccc(-[n+]2c(-c3ccccc3)cc(-c3ccncc3)cc2-c2ccccc2)cc1. The van der Waals surface area contributed by atoms with Gasteiger partial charge in [-0.05, 0) is 59.7 Å². The van der Waals surface area contributed by atoms with Crippen LogP contribution in [0.2, 0.25) is 0 Å². The molecule has 0 fully saturated rings. The Morgan fingerprint density at radius 3 is 1.55 bits per heavy atom. The number of nitrogens with zero attached hydrogens (tertiary/aromatic N) is 2. The molecule has 5 aromatic rings. The van der Waals surface area contributed by atoms with Gasteiger partial charge >= 0.3 is 0 Å². The van der Waals surface area contributed by atoms with E-state index in [4.69, 9.17) is 0 Å². The molecule has 0 saturated heterocycles. The van der Waals surface area contributed by atoms with E-state index in [1.165, 1.54) is 0 Å². The molecule has 0 N–H and O–H groups in total. The van der Waals surface area contributed by atoms with Gasteiger partial charge in [-0.2, -0.15) is 4.57 Å². The topological polar surface area (TPSA) is 16.8 Å². The Hall–Kier alpha value is -3.69. The van der Waals surface area contributed by atoms with Crippen LogP contribution < -0.4 is 4.57 Å². The predicted octanol–water partition coefficient (Wildman–Crippen LogP) is 6.65. The highest BCUT2D eigenvalue weighted by Crippen LogP contribution is 2.30. The first-order valence-corrected chi connectivity index (χ1v) is 10.6. The molecule has 5 rings (SSSR count). The van der Waals surface area contributed by atoms with Crippen molar-refractivity contribution in [3.05, 3.63) is 122 Å². The predicted molar refractivity (Wildman–Crippen MR) is 129 cm³/mol. The van der Waals surface area contributed by atoms with Gasteiger partial charge in [0.05, 0.1) is 0 Å². The number of aromatic nitrogens is 2. The molecule has 2 aromatic heterocycles. The zero-order chi connectivity index (χ0) is 21.0. The second-order valence-electron chi connectivity index (χ2n) is 7.33. The zero-order valence-corrected chi connectivity index (χ0v) is 17.8. The normalized spacial score (nSPS) is 10.7. The molecule has 2 heterocycles. The van der Waals surface area contributed by atoms with E-state index in [2.05, 4.69) is 107 Å². The zero-order valence-electron chi connectivity index (χ0n) is 16.9. The summed E-state index contributed by atoms with van der Waals surface area (Å²) in [5.41, 5.74) is 7.96. The summed E-state index contributed by atoms with van der Waals surface area (Å²) < 4.78 is 2.32. The minimum Gasteiger partial charge on any atom is -0.265 e. The number of benzene rings is 3. The van der Waals surface area contributed by atoms with Gasteiger partial charge in [0.15, 0.2) is 0 Å². The molecular formula is C28H21N2S+. The first-order valence-electron chi connectivity index (χ1n) is 10.2. The molecule has 0 unspecified atom stereocenters. The monoisotopic (exact) mass is 417 g/mol. The van der Waals surface area contributed by atoms with Crippen LogP contribution >= 0.6 is 12.6 Å². The maximum Gasteiger partial charge on any atom is 0.219 e. The van der Waals surface area contributed by atoms with Crippen LogP contribution in [0.15, 0.2) is 126 Å². The highest BCUT2D eigenvalue weighted by molar-refractivity contribution is 7.80. The summed E-state index contributed by atoms with van der Waals surface area (Å²) in [7, 11) is 0. The van der Waals surface area contributed by atoms with Crippen LogP contribution in [-0.2, 0) is 0 Å². The van der Waals surface area contributed by atoms with E-state index >= 15 is 0 Å². The third-order valence-corrected chi connectivity index (χ3v) is 5.63. The summed E-state index contributed by atoms with van der Waals surface area (Å²) in [4.78, 5) is 5.14. The molecule has 0 radical (unpaired) electrons. The van der Waals surface area contributed by atoms with Crippen molar-refractivity contribution in [1.82, 2.24) is 4.98 Å². The standard InChI is InChI=1S/C28H20N2S/c31-26-13-11-25(12-14-26)30-27(22-7-3-1-4-8-22)19-24(21-15-17-29-18-16-21)20-28(30)23-9-5-2-6-10-23/h1-20H/p+1. The van der Waals surface area contributed by atoms with E-state index < -0.39 is 0 Å². The number of hydrogen-bond acceptors (Lipinski definition) is 2. The van der Waals surface area contributed by atoms with Crippen molar-refractivity contribution in [2.24, 2.45) is 0 Å². The molecule has 0 amide bonds. The second-order valence-corrected chi connectivity index (χ2v) is 7.85. The highest BCUT2D eigenvalue weighted by atomic mass is 32.1. The molecule has 0 saturated carbocycles. The van der Waals surface area contributed by atoms with Crippen LogP contribution in [0.1, 0.15) is 0 Å². The molecule has 3 aromatic carbocycles. The molecule has 0 spiro atoms. The highest BCUT2D eigenvalue weighted by Gasteiger charge is 2.24. The number of thiol groups is 1. The second kappa shape index (κ2) is 8.58. The van der Waals surface area contributed by atoms with Crippen molar-refractivity contribution in [3.8, 4) is 39.3 Å². The van der Waals surface area contributed by atoms with Gasteiger partial charge in [-0.25, -0.2) is 0 Å². The van der Waals surface area contributed by atoms with Gasteiger partial charge in [0, 0.05) is 52.7 Å². The van der Waals surface area contributed by atoms with Crippen LogP contribution in [0, 0.1) is 0 Å². The van der Waals surface area contributed by atoms with Gasteiger partial charge in [-0.3, -0.25) is 4.98 Å². The molecule has 148 valence electrons. The Morgan fingerprint density at radius 2 is 1.03 bits per heavy atom. The average molecular weight is 418 g/mol. The summed E-state index contributed by atoms with van der Waals surface area (Å²) in [5.74, 6) is 0. The van der Waals surface area contributed by atoms with Gasteiger partial charge < -0.3 is 0 Å². The Bertz CT molecular complexity index is 1240. The molecule has 31 heavy (non-hydrogen) atoms. The van der Waals surface area contributed by atoms with Gasteiger partial charge in [-0.15, -0.1) is 12.6 Å². The van der Waals surface area contributed by atoms with Crippen LogP contribution in [0.5, 0.6) is 0 Å². The van der Waals surface area contributed by atoms with E-state index in [-0.39, 0.29) is 0 Å². The van der Waals surface area contributed by atoms with Gasteiger partial charge in [0.2, 0.25) is 17.1 Å². The fraction of sp³-hybridized carbons (Fsp3) is 0. The molecule has 0 aliphatic carbocycles. The summed E-state index contributed by atoms with van der Waals surface area (Å²) in [5, 5.41) is 0. The third-order valence-electron chi connectivity index (χ3n) is 5.33. The number of hydrogen-bond donors (Lipinski definition) is 1. The van der Waals surface area contributed by atoms with Crippen molar-refractivity contribution in [2.75, 3.05) is 0 Å². The van der Waals surface area contributed by atoms with E-state index in [1.54, 1.807) is 0 Å². The Balaban J connectivity index is 1.87. The lowest BCUT2D eigenvalue weighted by Crippen LogP contribution is -2.36. The van der Waals surface area contributed by atoms with Gasteiger partial charge in [0.1, 0.15) is 0 Å². The Morgan fingerprint density at radius 1 is 0.516 bits per heavy atom. The van der Waals surface area contributed by atoms with Crippen LogP contribution in [-0.4, -0.2) is 4.98 Å². The number of rotatable bonds is 4. The summed E-state index contributed by atoms with van der Waals surface area (Å²) in [6.45, 7) is 0. The first kappa shape index (κ1) is 19.3. The number of pyridine rings is 2. The van der Waals surface area contributed by atoms with Gasteiger partial charge in [0.25, 0.3) is 0 Å². The summed E-state index contributed by atoms with van der Waals surface area (Å²) in [6.07, 6.45) is 3.68. The lowest BCUT2D eigenvalue weighted by atomic mass is 9.99. The van der Waals surface area contributed by atoms with Gasteiger partial charge in [-0.1, -0.05) is 36.4 Å². The molecule has 0 aliphatic rings. The molecule has 0 bridgehead atoms. The fourth-order valence-corrected chi connectivity index (χ4v) is 3.98. The van der Waals surface area contributed by atoms with Crippen molar-refractivity contribution < 1.29 is 4.57 Å². The van der Waals surface area contributed by atoms with Crippen molar-refractivity contribution in [1.29, 1.82) is 0 Å². The first-order chi connectivity index (χ1) is 15.3. The van der Waals surface area contributed by atoms with Crippen molar-refractivity contribution in [3.63, 3.8) is 0 Å². The van der Waals surface area contributed by atoms with E-state index in [9.17, 15) is 0 Å². The average Bonchev–Trinajstić information content (AvgIpc) is 2.85. The van der Waals surface area contributed by atoms with Crippen LogP contribution in [0.4, 0.5) is 0 Å². The maximum absolute atomic E-state index is 4.48. The minimum atomic E-state index is 0.945. The van der Waals surface area contributed by atoms with Crippen LogP contribution in [0.3, 0.4) is 0 Å². The van der Waals surface area contributed by atoms with Crippen molar-refractivity contribution in [2.45, 2.75) is 4.90 Å².